The first-order chi connectivity index (χ1) is 57.3. The normalized spacial score (nSPS) is 26.7. The van der Waals surface area contributed by atoms with Crippen molar-refractivity contribution >= 4 is 78.1 Å². The van der Waals surface area contributed by atoms with Crippen LogP contribution < -0.4 is 73.1 Å². The van der Waals surface area contributed by atoms with Crippen molar-refractivity contribution in [1.82, 2.24) is 53.2 Å². The van der Waals surface area contributed by atoms with Crippen LogP contribution in [0.1, 0.15) is 169 Å². The molecule has 5 aromatic rings. The second-order valence-corrected chi connectivity index (χ2v) is 33.7. The van der Waals surface area contributed by atoms with Crippen molar-refractivity contribution in [1.29, 1.82) is 0 Å². The highest BCUT2D eigenvalue weighted by Gasteiger charge is 2.52. The van der Waals surface area contributed by atoms with E-state index < -0.39 is 269 Å². The molecule has 0 aromatic heterocycles. The van der Waals surface area contributed by atoms with Gasteiger partial charge in [0, 0.05) is 48.3 Å². The van der Waals surface area contributed by atoms with Gasteiger partial charge in [-0.1, -0.05) is 107 Å². The number of hydrogen-bond acceptors (Lipinski definition) is 28. The second-order valence-electron chi connectivity index (χ2n) is 31.3. The number of phenolic OH excluding ortho intramolecular Hbond substituents is 3. The van der Waals surface area contributed by atoms with Crippen molar-refractivity contribution < 1.29 is 132 Å². The molecule has 0 aliphatic carbocycles. The Hall–Kier alpha value is -9.13. The molecular formula is C80H106Cl2N11O27P. The molecule has 18 atom stereocenters. The number of aliphatic carboxylic acids is 1. The van der Waals surface area contributed by atoms with Crippen LogP contribution in [0.25, 0.3) is 11.1 Å². The minimum absolute atomic E-state index is 0.123. The van der Waals surface area contributed by atoms with Crippen molar-refractivity contribution in [2.75, 3.05) is 39.6 Å². The van der Waals surface area contributed by atoms with Crippen LogP contribution in [-0.4, -0.2) is 227 Å². The number of carboxylic acid groups (broad SMARTS) is 1. The van der Waals surface area contributed by atoms with E-state index in [1.807, 2.05) is 13.8 Å². The summed E-state index contributed by atoms with van der Waals surface area (Å²) in [6.45, 7) is 8.98. The quantitative estimate of drug-likeness (QED) is 0.0232. The molecule has 9 unspecified atom stereocenters. The maximum Gasteiger partial charge on any atom is 0.339 e. The van der Waals surface area contributed by atoms with E-state index in [1.54, 1.807) is 13.8 Å². The molecule has 12 rings (SSSR count). The number of amides is 7. The van der Waals surface area contributed by atoms with Gasteiger partial charge in [0.2, 0.25) is 53.4 Å². The Kier molecular flexibility index (Phi) is 32.2. The zero-order valence-electron chi connectivity index (χ0n) is 67.1. The Morgan fingerprint density at radius 3 is 1.91 bits per heavy atom. The predicted molar refractivity (Wildman–Crippen MR) is 432 cm³/mol. The minimum Gasteiger partial charge on any atom is -0.507 e. The molecule has 11 bridgehead atoms. The highest BCUT2D eigenvalue weighted by molar-refractivity contribution is 7.51. The Morgan fingerprint density at radius 1 is 0.694 bits per heavy atom. The molecule has 38 nitrogen and oxygen atoms in total. The van der Waals surface area contributed by atoms with Crippen molar-refractivity contribution in [2.45, 2.75) is 221 Å². The van der Waals surface area contributed by atoms with Crippen LogP contribution in [0, 0.1) is 5.92 Å². The Labute approximate surface area is 705 Å². The van der Waals surface area contributed by atoms with Gasteiger partial charge in [-0.05, 0) is 123 Å². The number of carbonyl (C=O) groups excluding carboxylic acids is 7. The zero-order chi connectivity index (χ0) is 88.2. The van der Waals surface area contributed by atoms with Crippen molar-refractivity contribution in [2.24, 2.45) is 11.7 Å². The summed E-state index contributed by atoms with van der Waals surface area (Å²) in [5, 5.41) is 144. The Balaban J connectivity index is 1.17. The number of benzene rings is 5. The van der Waals surface area contributed by atoms with E-state index in [1.165, 1.54) is 51.3 Å². The topological polar surface area (TPSA) is 598 Å². The van der Waals surface area contributed by atoms with Gasteiger partial charge in [0.1, 0.15) is 89.5 Å². The average Bonchev–Trinajstić information content (AvgIpc) is 0.839. The van der Waals surface area contributed by atoms with Gasteiger partial charge < -0.3 is 148 Å². The molecule has 2 saturated heterocycles. The molecule has 7 aliphatic rings. The summed E-state index contributed by atoms with van der Waals surface area (Å²) < 4.78 is 51.4. The lowest BCUT2D eigenvalue weighted by molar-refractivity contribution is -0.334. The first kappa shape index (κ1) is 94.1. The molecule has 0 spiro atoms. The molecule has 41 heteroatoms. The number of hydrogen-bond donors (Lipinski definition) is 23. The molecule has 5 aromatic carbocycles. The number of halogens is 2. The van der Waals surface area contributed by atoms with E-state index in [9.17, 15) is 79.8 Å². The van der Waals surface area contributed by atoms with Crippen LogP contribution in [-0.2, 0) is 63.7 Å². The first-order valence-corrected chi connectivity index (χ1v) is 42.3. The van der Waals surface area contributed by atoms with Crippen LogP contribution in [0.3, 0.4) is 0 Å². The lowest BCUT2D eigenvalue weighted by atomic mass is 9.85. The molecule has 24 N–H and O–H groups in total. The van der Waals surface area contributed by atoms with E-state index in [2.05, 4.69) is 60.1 Å². The molecule has 2 fully saturated rings. The molecule has 7 aliphatic heterocycles. The number of unbranched alkanes of at least 4 members (excludes halogenated alkanes) is 7. The third kappa shape index (κ3) is 23.0. The average molecular weight is 1760 g/mol. The third-order valence-corrected chi connectivity index (χ3v) is 22.9. The van der Waals surface area contributed by atoms with Gasteiger partial charge in [-0.15, -0.1) is 0 Å². The third-order valence-electron chi connectivity index (χ3n) is 21.7. The summed E-state index contributed by atoms with van der Waals surface area (Å²) >= 11 is 14.3. The number of aromatic hydroxyl groups is 3. The smallest absolute Gasteiger partial charge is 0.339 e. The van der Waals surface area contributed by atoms with Gasteiger partial charge >= 0.3 is 13.6 Å². The summed E-state index contributed by atoms with van der Waals surface area (Å²) in [5.74, 6) is -17.1. The monoisotopic (exact) mass is 1750 g/mol. The molecule has 0 saturated carbocycles. The number of nitrogens with one attached hydrogen (secondary N) is 10. The van der Waals surface area contributed by atoms with Crippen molar-refractivity contribution in [3.8, 4) is 57.1 Å². The fourth-order valence-corrected chi connectivity index (χ4v) is 16.0. The van der Waals surface area contributed by atoms with Gasteiger partial charge in [-0.25, -0.2) is 4.79 Å². The van der Waals surface area contributed by atoms with Crippen molar-refractivity contribution in [3.05, 3.63) is 116 Å². The number of nitrogens with two attached hydrogens (primary N) is 1. The number of carbonyl (C=O) groups is 8. The summed E-state index contributed by atoms with van der Waals surface area (Å²) in [6, 6.07) is -2.39. The Morgan fingerprint density at radius 2 is 1.31 bits per heavy atom. The lowest BCUT2D eigenvalue weighted by Crippen LogP contribution is -2.65. The highest BCUT2D eigenvalue weighted by Crippen LogP contribution is 2.51. The van der Waals surface area contributed by atoms with E-state index in [0.717, 1.165) is 86.5 Å². The van der Waals surface area contributed by atoms with Gasteiger partial charge in [0.25, 0.3) is 0 Å². The maximum atomic E-state index is 16.3. The number of ether oxygens (including phenoxy) is 6. The molecule has 662 valence electrons. The summed E-state index contributed by atoms with van der Waals surface area (Å²) in [6.07, 6.45) is -10.6. The van der Waals surface area contributed by atoms with E-state index in [-0.39, 0.29) is 40.7 Å². The number of rotatable bonds is 30. The predicted octanol–water partition coefficient (Wildman–Crippen LogP) is 2.69. The van der Waals surface area contributed by atoms with Gasteiger partial charge in [0.05, 0.1) is 53.2 Å². The van der Waals surface area contributed by atoms with E-state index >= 15 is 24.0 Å². The fourth-order valence-electron chi connectivity index (χ4n) is 15.2. The SMILES string of the molecule is CCCCCCCCCCNCCNC1(C)CC(OC2C(Oc3c4cc5cc3Oc3ccc(cc3Cl)[C@@H](O)[C@H]3NC(=O)[C@H](NC(=O)[C@@H]5NC(=O)[C@H](CC(N)=O)NC(=O)[C@H](NC(=O)[C@@H](CC(C)C)NC)[C@H](O)c5ccc(c(Cl)c5)O4)c4ccc(O)c(c4)-c4c(cc(O)c(CNCP(=O)(O)O)c4O)[C@@H](C(=O)O)NC3=O)OC(CO)C(O)C2O)OC(C)C1O. The number of aliphatic hydroxyl groups excluding tert-OH is 6. The van der Waals surface area contributed by atoms with Crippen LogP contribution in [0.15, 0.2) is 72.8 Å². The summed E-state index contributed by atoms with van der Waals surface area (Å²) in [4.78, 5) is 138. The molecule has 7 heterocycles. The van der Waals surface area contributed by atoms with Crippen molar-refractivity contribution in [3.63, 3.8) is 0 Å². The van der Waals surface area contributed by atoms with Gasteiger partial charge in [-0.3, -0.25) is 38.1 Å². The second kappa shape index (κ2) is 41.4. The van der Waals surface area contributed by atoms with E-state index in [4.69, 9.17) is 57.4 Å². The standard InChI is InChI=1S/C80H106Cl2N11O27P/c1-7-8-9-10-11-12-13-14-21-85-22-23-87-80(5)32-57(115-37(4)71(80)103)119-70-68(102)67(101)55(34-94)118-79(70)120-69-53-28-41-29-54(69)117-52-20-17-40(27-46(52)82)65(99)63-77(109)91-61(78(110)111)43-30-50(96)44(33-86-35-121(112,113)114)66(100)58(43)42-25-38(15-18-49(42)95)59(74(106)93-63)90-75(107)60(41)89-73(105)48(31-56(83)97)88-76(108)62(92-72(104)47(84-6)24-36(2)3)64(98)39-16-19-51(116-53)45(81)26-39/h15-20,25-30,36-37,47-48,55,57,59-65,67-68,70-71,79,84-87,94-96,98-103H,7-14,21-24,31-35H2,1-6H3,(H2,83,97)(H,88,108)(H,89,105)(H,90,107)(H,91,109)(H,92,104)(H,93,106)(H,110,111)(H2,112,113,114)/t37?,47-,48+,55?,57?,59-,60-,61+,62-,63-,64-,65-,67?,68?,70?,71?,79?,80?/m1/s1. The van der Waals surface area contributed by atoms with E-state index in [0.29, 0.717) is 13.1 Å². The number of primary amides is 1. The number of likely N-dealkylation sites (N-methyl/N-ethyl adjacent to an activating group) is 1. The lowest BCUT2D eigenvalue weighted by Gasteiger charge is -2.48. The number of phenols is 3. The van der Waals surface area contributed by atoms with Gasteiger partial charge in [-0.2, -0.15) is 0 Å². The van der Waals surface area contributed by atoms with Gasteiger partial charge in [0.15, 0.2) is 29.9 Å². The summed E-state index contributed by atoms with van der Waals surface area (Å²) in [7, 11) is -3.38. The first-order valence-electron chi connectivity index (χ1n) is 39.7. The highest BCUT2D eigenvalue weighted by atomic mass is 35.5. The zero-order valence-corrected chi connectivity index (χ0v) is 69.5. The largest absolute Gasteiger partial charge is 0.507 e. The number of fused-ring (bicyclic) bond motifs is 15. The van der Waals surface area contributed by atoms with Crippen LogP contribution in [0.2, 0.25) is 10.0 Å². The molecular weight excluding hydrogens is 1650 g/mol. The summed E-state index contributed by atoms with van der Waals surface area (Å²) in [5.41, 5.74) is 0.545. The van der Waals surface area contributed by atoms with Crippen LogP contribution >= 0.6 is 30.8 Å². The maximum absolute atomic E-state index is 16.3. The minimum atomic E-state index is -4.85. The fraction of sp³-hybridized carbons (Fsp3) is 0.525. The van der Waals surface area contributed by atoms with Crippen LogP contribution in [0.5, 0.6) is 46.0 Å². The molecule has 0 radical (unpaired) electrons. The number of carboxylic acids is 1. The van der Waals surface area contributed by atoms with Crippen LogP contribution in [0.4, 0.5) is 0 Å². The number of aliphatic hydroxyl groups is 6. The molecule has 121 heavy (non-hydrogen) atoms. The Bertz CT molecular complexity index is 4650. The molecule has 7 amide bonds.